The average Bonchev–Trinajstić information content (AvgIpc) is 2.96. The van der Waals surface area contributed by atoms with Crippen molar-refractivity contribution in [2.45, 2.75) is 6.54 Å². The van der Waals surface area contributed by atoms with Crippen molar-refractivity contribution in [3.8, 4) is 11.5 Å². The summed E-state index contributed by atoms with van der Waals surface area (Å²) in [6.45, 7) is 0.239. The summed E-state index contributed by atoms with van der Waals surface area (Å²) in [5.74, 6) is 0.470. The minimum atomic E-state index is -0.548. The van der Waals surface area contributed by atoms with E-state index in [1.807, 2.05) is 12.1 Å². The van der Waals surface area contributed by atoms with Gasteiger partial charge in [0, 0.05) is 5.56 Å². The number of carbonyl (C=O) groups excluding carboxylic acids is 1. The van der Waals surface area contributed by atoms with Crippen molar-refractivity contribution in [1.29, 1.82) is 0 Å². The molecule has 0 unspecified atom stereocenters. The Balaban J connectivity index is 2.15. The van der Waals surface area contributed by atoms with Crippen molar-refractivity contribution in [3.05, 3.63) is 36.4 Å². The average molecular weight is 277 g/mol. The standard InChI is InChI=1S/C12H15N5O3/c1-19-10-4-2-3-9(12(10)20-6-11(13)18)5-16-17-7-14-15-8-17/h2-4,7-8,16H,5-6H2,1H3,(H2,13,18). The highest BCUT2D eigenvalue weighted by Crippen LogP contribution is 2.31. The highest BCUT2D eigenvalue weighted by molar-refractivity contribution is 5.75. The maximum atomic E-state index is 10.8. The number of nitrogens with one attached hydrogen (secondary N) is 1. The highest BCUT2D eigenvalue weighted by Gasteiger charge is 2.11. The van der Waals surface area contributed by atoms with Crippen LogP contribution in [0.25, 0.3) is 0 Å². The molecule has 0 saturated carbocycles. The Kier molecular flexibility index (Phi) is 4.38. The summed E-state index contributed by atoms with van der Waals surface area (Å²) >= 11 is 0. The lowest BCUT2D eigenvalue weighted by Gasteiger charge is -2.15. The molecule has 0 spiro atoms. The molecule has 1 amide bonds. The van der Waals surface area contributed by atoms with Gasteiger partial charge in [-0.2, -0.15) is 0 Å². The Hall–Kier alpha value is -2.77. The predicted octanol–water partition coefficient (Wildman–Crippen LogP) is -0.106. The van der Waals surface area contributed by atoms with Crippen LogP contribution < -0.4 is 20.6 Å². The number of nitrogens with two attached hydrogens (primary N) is 1. The van der Waals surface area contributed by atoms with Crippen LogP contribution in [0.3, 0.4) is 0 Å². The normalized spacial score (nSPS) is 10.1. The van der Waals surface area contributed by atoms with Crippen molar-refractivity contribution in [3.63, 3.8) is 0 Å². The van der Waals surface area contributed by atoms with Crippen molar-refractivity contribution in [2.75, 3.05) is 19.1 Å². The first-order valence-electron chi connectivity index (χ1n) is 5.86. The zero-order valence-electron chi connectivity index (χ0n) is 10.9. The smallest absolute Gasteiger partial charge is 0.255 e. The number of aromatic nitrogens is 3. The van der Waals surface area contributed by atoms with Crippen LogP contribution in [-0.4, -0.2) is 34.5 Å². The molecule has 8 heteroatoms. The first-order chi connectivity index (χ1) is 9.70. The Morgan fingerprint density at radius 2 is 2.15 bits per heavy atom. The van der Waals surface area contributed by atoms with Gasteiger partial charge in [0.15, 0.2) is 18.1 Å². The summed E-state index contributed by atoms with van der Waals surface area (Å²) in [6.07, 6.45) is 3.06. The molecule has 20 heavy (non-hydrogen) atoms. The van der Waals surface area contributed by atoms with E-state index in [0.717, 1.165) is 5.56 Å². The zero-order chi connectivity index (χ0) is 14.4. The van der Waals surface area contributed by atoms with Gasteiger partial charge in [0.05, 0.1) is 13.7 Å². The maximum Gasteiger partial charge on any atom is 0.255 e. The quantitative estimate of drug-likeness (QED) is 0.732. The van der Waals surface area contributed by atoms with E-state index in [4.69, 9.17) is 15.2 Å². The molecule has 0 fully saturated rings. The first-order valence-corrected chi connectivity index (χ1v) is 5.86. The Morgan fingerprint density at radius 1 is 1.40 bits per heavy atom. The summed E-state index contributed by atoms with van der Waals surface area (Å²) in [7, 11) is 1.53. The largest absolute Gasteiger partial charge is 0.493 e. The fraction of sp³-hybridized carbons (Fsp3) is 0.250. The second-order valence-electron chi connectivity index (χ2n) is 3.91. The topological polar surface area (TPSA) is 104 Å². The van der Waals surface area contributed by atoms with Gasteiger partial charge in [0.1, 0.15) is 12.7 Å². The minimum Gasteiger partial charge on any atom is -0.493 e. The number of ether oxygens (including phenoxy) is 2. The number of nitrogens with zero attached hydrogens (tertiary/aromatic N) is 3. The molecule has 0 atom stereocenters. The van der Waals surface area contributed by atoms with E-state index in [-0.39, 0.29) is 6.61 Å². The second-order valence-corrected chi connectivity index (χ2v) is 3.91. The Morgan fingerprint density at radius 3 is 2.80 bits per heavy atom. The molecule has 0 aliphatic carbocycles. The van der Waals surface area contributed by atoms with E-state index >= 15 is 0 Å². The van der Waals surface area contributed by atoms with Gasteiger partial charge in [0.25, 0.3) is 5.91 Å². The molecule has 8 nitrogen and oxygen atoms in total. The van der Waals surface area contributed by atoms with Crippen LogP contribution in [-0.2, 0) is 11.3 Å². The molecule has 0 radical (unpaired) electrons. The van der Waals surface area contributed by atoms with Gasteiger partial charge in [-0.15, -0.1) is 10.2 Å². The van der Waals surface area contributed by atoms with Crippen LogP contribution in [0.15, 0.2) is 30.9 Å². The molecule has 106 valence electrons. The number of carbonyl (C=O) groups is 1. The molecule has 0 bridgehead atoms. The monoisotopic (exact) mass is 277 g/mol. The number of rotatable bonds is 7. The van der Waals surface area contributed by atoms with E-state index in [1.165, 1.54) is 19.8 Å². The van der Waals surface area contributed by atoms with Crippen molar-refractivity contribution in [1.82, 2.24) is 14.9 Å². The number of para-hydroxylation sites is 1. The lowest BCUT2D eigenvalue weighted by Crippen LogP contribution is -2.21. The van der Waals surface area contributed by atoms with E-state index in [2.05, 4.69) is 15.6 Å². The molecule has 1 aromatic carbocycles. The molecular formula is C12H15N5O3. The van der Waals surface area contributed by atoms with Gasteiger partial charge in [-0.1, -0.05) is 12.1 Å². The maximum absolute atomic E-state index is 10.8. The SMILES string of the molecule is COc1cccc(CNn2cnnc2)c1OCC(N)=O. The fourth-order valence-corrected chi connectivity index (χ4v) is 1.63. The first kappa shape index (κ1) is 13.7. The highest BCUT2D eigenvalue weighted by atomic mass is 16.5. The Bertz CT molecular complexity index is 570. The third-order valence-corrected chi connectivity index (χ3v) is 2.51. The van der Waals surface area contributed by atoms with Gasteiger partial charge in [0.2, 0.25) is 0 Å². The van der Waals surface area contributed by atoms with Crippen LogP contribution in [0.1, 0.15) is 5.56 Å². The van der Waals surface area contributed by atoms with Crippen LogP contribution in [0.2, 0.25) is 0 Å². The van der Waals surface area contributed by atoms with Gasteiger partial charge >= 0.3 is 0 Å². The van der Waals surface area contributed by atoms with Gasteiger partial charge in [-0.25, -0.2) is 4.68 Å². The lowest BCUT2D eigenvalue weighted by atomic mass is 10.2. The molecule has 0 saturated heterocycles. The second kappa shape index (κ2) is 6.41. The van der Waals surface area contributed by atoms with Gasteiger partial charge in [-0.3, -0.25) is 4.79 Å². The zero-order valence-corrected chi connectivity index (χ0v) is 10.9. The van der Waals surface area contributed by atoms with E-state index in [0.29, 0.717) is 18.0 Å². The number of benzene rings is 1. The number of methoxy groups -OCH3 is 1. The molecular weight excluding hydrogens is 262 g/mol. The number of hydrogen-bond donors (Lipinski definition) is 2. The third-order valence-electron chi connectivity index (χ3n) is 2.51. The van der Waals surface area contributed by atoms with E-state index in [9.17, 15) is 4.79 Å². The van der Waals surface area contributed by atoms with Gasteiger partial charge in [-0.05, 0) is 6.07 Å². The summed E-state index contributed by atoms with van der Waals surface area (Å²) in [5, 5.41) is 7.37. The third kappa shape index (κ3) is 3.37. The lowest BCUT2D eigenvalue weighted by molar-refractivity contribution is -0.119. The van der Waals surface area contributed by atoms with Crippen LogP contribution in [0.4, 0.5) is 0 Å². The molecule has 2 rings (SSSR count). The van der Waals surface area contributed by atoms with Gasteiger partial charge < -0.3 is 20.6 Å². The van der Waals surface area contributed by atoms with Crippen LogP contribution >= 0.6 is 0 Å². The molecule has 1 heterocycles. The van der Waals surface area contributed by atoms with Crippen LogP contribution in [0, 0.1) is 0 Å². The fourth-order valence-electron chi connectivity index (χ4n) is 1.63. The number of primary amides is 1. The summed E-state index contributed by atoms with van der Waals surface area (Å²) in [4.78, 5) is 10.8. The molecule has 0 aliphatic heterocycles. The summed E-state index contributed by atoms with van der Waals surface area (Å²) in [6, 6.07) is 5.44. The van der Waals surface area contributed by atoms with E-state index < -0.39 is 5.91 Å². The number of hydrogen-bond acceptors (Lipinski definition) is 6. The molecule has 2 aromatic rings. The summed E-state index contributed by atoms with van der Waals surface area (Å²) < 4.78 is 12.2. The Labute approximate surface area is 115 Å². The van der Waals surface area contributed by atoms with Crippen molar-refractivity contribution >= 4 is 5.91 Å². The molecule has 0 aliphatic rings. The van der Waals surface area contributed by atoms with E-state index in [1.54, 1.807) is 10.7 Å². The van der Waals surface area contributed by atoms with Crippen molar-refractivity contribution < 1.29 is 14.3 Å². The minimum absolute atomic E-state index is 0.208. The summed E-state index contributed by atoms with van der Waals surface area (Å²) in [5.41, 5.74) is 8.97. The number of amides is 1. The van der Waals surface area contributed by atoms with Crippen LogP contribution in [0.5, 0.6) is 11.5 Å². The predicted molar refractivity (Wildman–Crippen MR) is 70.8 cm³/mol. The molecule has 1 aromatic heterocycles. The van der Waals surface area contributed by atoms with Crippen molar-refractivity contribution in [2.24, 2.45) is 5.73 Å². The molecule has 3 N–H and O–H groups in total.